The van der Waals surface area contributed by atoms with E-state index < -0.39 is 11.6 Å². The molecule has 0 saturated heterocycles. The number of carbonyl (C=O) groups is 1. The summed E-state index contributed by atoms with van der Waals surface area (Å²) in [6.07, 6.45) is 1.75. The highest BCUT2D eigenvalue weighted by Gasteiger charge is 2.10. The molecule has 0 bridgehead atoms. The van der Waals surface area contributed by atoms with Crippen LogP contribution in [0.1, 0.15) is 5.56 Å². The molecular formula is C10H10F2OS. The molecule has 1 aromatic carbocycles. The van der Waals surface area contributed by atoms with Crippen LogP contribution in [0.5, 0.6) is 0 Å². The highest BCUT2D eigenvalue weighted by atomic mass is 32.2. The fourth-order valence-corrected chi connectivity index (χ4v) is 1.53. The molecule has 0 N–H and O–H groups in total. The van der Waals surface area contributed by atoms with Gasteiger partial charge < -0.3 is 0 Å². The predicted octanol–water partition coefficient (Wildman–Crippen LogP) is 2.44. The first-order valence-electron chi connectivity index (χ1n) is 4.08. The van der Waals surface area contributed by atoms with Gasteiger partial charge in [-0.1, -0.05) is 12.1 Å². The third kappa shape index (κ3) is 2.80. The van der Waals surface area contributed by atoms with E-state index in [4.69, 9.17) is 0 Å². The molecule has 76 valence electrons. The van der Waals surface area contributed by atoms with E-state index in [1.54, 1.807) is 6.26 Å². The van der Waals surface area contributed by atoms with Gasteiger partial charge in [0.25, 0.3) is 0 Å². The van der Waals surface area contributed by atoms with Gasteiger partial charge >= 0.3 is 0 Å². The molecule has 0 radical (unpaired) electrons. The zero-order valence-corrected chi connectivity index (χ0v) is 8.54. The number of Topliss-reactive ketones (excluding diaryl/α,β-unsaturated/α-hetero) is 1. The lowest BCUT2D eigenvalue weighted by Gasteiger charge is -2.02. The summed E-state index contributed by atoms with van der Waals surface area (Å²) in [5, 5.41) is 0. The Bertz CT molecular complexity index is 339. The lowest BCUT2D eigenvalue weighted by molar-refractivity contribution is -0.116. The molecule has 0 fully saturated rings. The smallest absolute Gasteiger partial charge is 0.162 e. The number of hydrogen-bond acceptors (Lipinski definition) is 2. The van der Waals surface area contributed by atoms with Crippen LogP contribution in [0.15, 0.2) is 18.2 Å². The highest BCUT2D eigenvalue weighted by Crippen LogP contribution is 2.12. The van der Waals surface area contributed by atoms with Crippen molar-refractivity contribution >= 4 is 17.5 Å². The maximum atomic E-state index is 13.1. The molecule has 1 aromatic rings. The Hall–Kier alpha value is -0.900. The second kappa shape index (κ2) is 5.10. The largest absolute Gasteiger partial charge is 0.298 e. The van der Waals surface area contributed by atoms with Crippen LogP contribution in [0.2, 0.25) is 0 Å². The fraction of sp³-hybridized carbons (Fsp3) is 0.300. The van der Waals surface area contributed by atoms with Gasteiger partial charge in [-0.05, 0) is 17.9 Å². The lowest BCUT2D eigenvalue weighted by Crippen LogP contribution is -2.07. The van der Waals surface area contributed by atoms with Crippen molar-refractivity contribution in [2.75, 3.05) is 12.0 Å². The molecule has 0 amide bonds. The summed E-state index contributed by atoms with van der Waals surface area (Å²) in [6, 6.07) is 3.87. The summed E-state index contributed by atoms with van der Waals surface area (Å²) < 4.78 is 25.8. The number of rotatable bonds is 4. The zero-order chi connectivity index (χ0) is 10.6. The van der Waals surface area contributed by atoms with Crippen LogP contribution in [-0.2, 0) is 11.2 Å². The molecule has 1 rings (SSSR count). The van der Waals surface area contributed by atoms with Crippen LogP contribution in [-0.4, -0.2) is 17.8 Å². The van der Waals surface area contributed by atoms with Gasteiger partial charge in [-0.2, -0.15) is 11.8 Å². The van der Waals surface area contributed by atoms with E-state index in [9.17, 15) is 13.6 Å². The molecule has 0 atom stereocenters. The Morgan fingerprint density at radius 1 is 1.43 bits per heavy atom. The summed E-state index contributed by atoms with van der Waals surface area (Å²) >= 11 is 1.37. The molecule has 0 aromatic heterocycles. The van der Waals surface area contributed by atoms with Gasteiger partial charge in [0, 0.05) is 6.42 Å². The molecule has 0 aliphatic rings. The normalized spacial score (nSPS) is 10.2. The maximum Gasteiger partial charge on any atom is 0.162 e. The molecule has 0 aliphatic heterocycles. The lowest BCUT2D eigenvalue weighted by atomic mass is 10.1. The minimum absolute atomic E-state index is 0.0373. The van der Waals surface area contributed by atoms with Crippen LogP contribution in [0.4, 0.5) is 8.78 Å². The van der Waals surface area contributed by atoms with Crippen LogP contribution in [0.25, 0.3) is 0 Å². The second-order valence-corrected chi connectivity index (χ2v) is 3.73. The van der Waals surface area contributed by atoms with Gasteiger partial charge in [-0.15, -0.1) is 0 Å². The number of benzene rings is 1. The molecule has 0 heterocycles. The van der Waals surface area contributed by atoms with E-state index in [1.807, 2.05) is 0 Å². The Morgan fingerprint density at radius 3 is 2.79 bits per heavy atom. The average molecular weight is 216 g/mol. The van der Waals surface area contributed by atoms with E-state index >= 15 is 0 Å². The van der Waals surface area contributed by atoms with Crippen molar-refractivity contribution < 1.29 is 13.6 Å². The number of ketones is 1. The Labute approximate surface area is 85.5 Å². The van der Waals surface area contributed by atoms with Crippen LogP contribution < -0.4 is 0 Å². The van der Waals surface area contributed by atoms with Crippen molar-refractivity contribution in [2.45, 2.75) is 6.42 Å². The van der Waals surface area contributed by atoms with Crippen LogP contribution >= 0.6 is 11.8 Å². The van der Waals surface area contributed by atoms with Gasteiger partial charge in [0.2, 0.25) is 0 Å². The summed E-state index contributed by atoms with van der Waals surface area (Å²) in [4.78, 5) is 11.2. The SMILES string of the molecule is CSCC(=O)Cc1cccc(F)c1F. The predicted molar refractivity (Wildman–Crippen MR) is 53.5 cm³/mol. The number of thioether (sulfide) groups is 1. The Morgan fingerprint density at radius 2 is 2.14 bits per heavy atom. The standard InChI is InChI=1S/C10H10F2OS/c1-14-6-8(13)5-7-3-2-4-9(11)10(7)12/h2-4H,5-6H2,1H3. The third-order valence-corrected chi connectivity index (χ3v) is 2.34. The monoisotopic (exact) mass is 216 g/mol. The molecule has 14 heavy (non-hydrogen) atoms. The number of carbonyl (C=O) groups excluding carboxylic acids is 1. The molecule has 0 aliphatic carbocycles. The minimum atomic E-state index is -0.915. The van der Waals surface area contributed by atoms with Gasteiger partial charge in [0.15, 0.2) is 11.6 Å². The fourth-order valence-electron chi connectivity index (χ4n) is 1.11. The van der Waals surface area contributed by atoms with Crippen LogP contribution in [0.3, 0.4) is 0 Å². The molecule has 0 saturated carbocycles. The highest BCUT2D eigenvalue weighted by molar-refractivity contribution is 7.99. The molecular weight excluding hydrogens is 206 g/mol. The van der Waals surface area contributed by atoms with Crippen molar-refractivity contribution in [3.05, 3.63) is 35.4 Å². The summed E-state index contributed by atoms with van der Waals surface area (Å²) in [7, 11) is 0. The van der Waals surface area contributed by atoms with Crippen molar-refractivity contribution in [1.29, 1.82) is 0 Å². The molecule has 4 heteroatoms. The maximum absolute atomic E-state index is 13.1. The first-order chi connectivity index (χ1) is 6.65. The molecule has 0 unspecified atom stereocenters. The molecule has 1 nitrogen and oxygen atoms in total. The first kappa shape index (κ1) is 11.2. The summed E-state index contributed by atoms with van der Waals surface area (Å²) in [5.74, 6) is -1.58. The Kier molecular flexibility index (Phi) is 4.07. The number of hydrogen-bond donors (Lipinski definition) is 0. The van der Waals surface area contributed by atoms with Crippen molar-refractivity contribution in [3.8, 4) is 0 Å². The summed E-state index contributed by atoms with van der Waals surface area (Å²) in [5.41, 5.74) is 0.129. The summed E-state index contributed by atoms with van der Waals surface area (Å²) in [6.45, 7) is 0. The van der Waals surface area contributed by atoms with Crippen molar-refractivity contribution in [1.82, 2.24) is 0 Å². The van der Waals surface area contributed by atoms with Gasteiger partial charge in [0.05, 0.1) is 5.75 Å². The minimum Gasteiger partial charge on any atom is -0.298 e. The van der Waals surface area contributed by atoms with E-state index in [0.29, 0.717) is 5.75 Å². The quantitative estimate of drug-likeness (QED) is 0.769. The van der Waals surface area contributed by atoms with E-state index in [-0.39, 0.29) is 17.8 Å². The number of halogens is 2. The van der Waals surface area contributed by atoms with Gasteiger partial charge in [-0.3, -0.25) is 4.79 Å². The second-order valence-electron chi connectivity index (χ2n) is 2.86. The van der Waals surface area contributed by atoms with E-state index in [1.165, 1.54) is 23.9 Å². The van der Waals surface area contributed by atoms with E-state index in [0.717, 1.165) is 6.07 Å². The van der Waals surface area contributed by atoms with Crippen LogP contribution in [0, 0.1) is 11.6 Å². The van der Waals surface area contributed by atoms with Crippen molar-refractivity contribution in [2.24, 2.45) is 0 Å². The first-order valence-corrected chi connectivity index (χ1v) is 5.48. The van der Waals surface area contributed by atoms with Crippen molar-refractivity contribution in [3.63, 3.8) is 0 Å². The van der Waals surface area contributed by atoms with Gasteiger partial charge in [0.1, 0.15) is 5.78 Å². The average Bonchev–Trinajstić information content (AvgIpc) is 2.13. The zero-order valence-electron chi connectivity index (χ0n) is 7.72. The van der Waals surface area contributed by atoms with E-state index in [2.05, 4.69) is 0 Å². The third-order valence-electron chi connectivity index (χ3n) is 1.72. The topological polar surface area (TPSA) is 17.1 Å². The molecule has 0 spiro atoms. The Balaban J connectivity index is 2.76. The van der Waals surface area contributed by atoms with Gasteiger partial charge in [-0.25, -0.2) is 8.78 Å².